The van der Waals surface area contributed by atoms with Crippen LogP contribution in [0.5, 0.6) is 5.75 Å². The van der Waals surface area contributed by atoms with E-state index in [4.69, 9.17) is 4.74 Å². The normalized spacial score (nSPS) is 10.3. The molecule has 0 aromatic heterocycles. The number of rotatable bonds is 3. The van der Waals surface area contributed by atoms with Gasteiger partial charge in [-0.2, -0.15) is 0 Å². The van der Waals surface area contributed by atoms with Crippen LogP contribution >= 0.6 is 0 Å². The lowest BCUT2D eigenvalue weighted by atomic mass is 10.0. The number of benzene rings is 2. The summed E-state index contributed by atoms with van der Waals surface area (Å²) in [6, 6.07) is 15.0. The molecule has 1 nitrogen and oxygen atoms in total. The molecule has 0 spiro atoms. The van der Waals surface area contributed by atoms with Gasteiger partial charge in [0.2, 0.25) is 0 Å². The first-order chi connectivity index (χ1) is 8.24. The summed E-state index contributed by atoms with van der Waals surface area (Å²) in [5, 5.41) is 0. The zero-order chi connectivity index (χ0) is 12.3. The standard InChI is InChI=1S/C16H18O/c1-4-13-9-10-15(11-16(13)17-3)14-7-5-12(2)6-8-14/h5-11H,4H2,1-3H3. The molecule has 0 aliphatic heterocycles. The van der Waals surface area contributed by atoms with Gasteiger partial charge in [0, 0.05) is 0 Å². The molecule has 2 aromatic carbocycles. The van der Waals surface area contributed by atoms with Gasteiger partial charge in [-0.1, -0.05) is 48.9 Å². The molecule has 0 unspecified atom stereocenters. The van der Waals surface area contributed by atoms with Gasteiger partial charge in [0.05, 0.1) is 7.11 Å². The number of aryl methyl sites for hydroxylation is 2. The molecule has 0 aliphatic carbocycles. The SMILES string of the molecule is CCc1ccc(-c2ccc(C)cc2)cc1OC. The van der Waals surface area contributed by atoms with Crippen LogP contribution in [0.4, 0.5) is 0 Å². The molecule has 17 heavy (non-hydrogen) atoms. The molecule has 0 fully saturated rings. The van der Waals surface area contributed by atoms with E-state index in [0.29, 0.717) is 0 Å². The Balaban J connectivity index is 2.42. The summed E-state index contributed by atoms with van der Waals surface area (Å²) in [5.41, 5.74) is 4.98. The average molecular weight is 226 g/mol. The smallest absolute Gasteiger partial charge is 0.122 e. The fraction of sp³-hybridized carbons (Fsp3) is 0.250. The summed E-state index contributed by atoms with van der Waals surface area (Å²) in [5.74, 6) is 0.977. The Labute approximate surface area is 103 Å². The predicted molar refractivity (Wildman–Crippen MR) is 72.5 cm³/mol. The van der Waals surface area contributed by atoms with Gasteiger partial charge in [-0.25, -0.2) is 0 Å². The molecule has 0 bridgehead atoms. The van der Waals surface area contributed by atoms with E-state index in [-0.39, 0.29) is 0 Å². The van der Waals surface area contributed by atoms with Crippen LogP contribution in [-0.4, -0.2) is 7.11 Å². The quantitative estimate of drug-likeness (QED) is 0.761. The summed E-state index contributed by atoms with van der Waals surface area (Å²) in [6.07, 6.45) is 0.997. The summed E-state index contributed by atoms with van der Waals surface area (Å²) >= 11 is 0. The predicted octanol–water partition coefficient (Wildman–Crippen LogP) is 4.23. The number of ether oxygens (including phenoxy) is 1. The van der Waals surface area contributed by atoms with Gasteiger partial charge in [0.1, 0.15) is 5.75 Å². The van der Waals surface area contributed by atoms with E-state index in [1.165, 1.54) is 22.3 Å². The molecule has 0 saturated carbocycles. The third-order valence-electron chi connectivity index (χ3n) is 3.05. The maximum atomic E-state index is 5.42. The minimum absolute atomic E-state index is 0.977. The first-order valence-electron chi connectivity index (χ1n) is 5.98. The summed E-state index contributed by atoms with van der Waals surface area (Å²) in [6.45, 7) is 4.24. The number of hydrogen-bond donors (Lipinski definition) is 0. The van der Waals surface area contributed by atoms with Gasteiger partial charge in [-0.05, 0) is 36.1 Å². The van der Waals surface area contributed by atoms with Crippen molar-refractivity contribution in [2.45, 2.75) is 20.3 Å². The first kappa shape index (κ1) is 11.7. The topological polar surface area (TPSA) is 9.23 Å². The third-order valence-corrected chi connectivity index (χ3v) is 3.05. The van der Waals surface area contributed by atoms with Gasteiger partial charge in [0.15, 0.2) is 0 Å². The lowest BCUT2D eigenvalue weighted by molar-refractivity contribution is 0.410. The van der Waals surface area contributed by atoms with Gasteiger partial charge >= 0.3 is 0 Å². The second-order valence-electron chi connectivity index (χ2n) is 4.25. The molecule has 0 heterocycles. The van der Waals surface area contributed by atoms with Crippen molar-refractivity contribution >= 4 is 0 Å². The van der Waals surface area contributed by atoms with Crippen LogP contribution in [0.15, 0.2) is 42.5 Å². The van der Waals surface area contributed by atoms with Crippen molar-refractivity contribution in [1.29, 1.82) is 0 Å². The number of methoxy groups -OCH3 is 1. The van der Waals surface area contributed by atoms with E-state index in [2.05, 4.69) is 56.3 Å². The molecule has 1 heteroatoms. The van der Waals surface area contributed by atoms with Crippen molar-refractivity contribution in [2.75, 3.05) is 7.11 Å². The summed E-state index contributed by atoms with van der Waals surface area (Å²) in [4.78, 5) is 0. The van der Waals surface area contributed by atoms with Gasteiger partial charge in [-0.15, -0.1) is 0 Å². The van der Waals surface area contributed by atoms with Crippen molar-refractivity contribution in [3.63, 3.8) is 0 Å². The van der Waals surface area contributed by atoms with Gasteiger partial charge in [-0.3, -0.25) is 0 Å². The molecular formula is C16H18O. The van der Waals surface area contributed by atoms with Gasteiger partial charge < -0.3 is 4.74 Å². The molecule has 0 aliphatic rings. The Bertz CT molecular complexity index is 497. The Morgan fingerprint density at radius 2 is 1.59 bits per heavy atom. The lowest BCUT2D eigenvalue weighted by Gasteiger charge is -2.09. The van der Waals surface area contributed by atoms with Crippen molar-refractivity contribution in [1.82, 2.24) is 0 Å². The van der Waals surface area contributed by atoms with Crippen LogP contribution in [0.1, 0.15) is 18.1 Å². The molecular weight excluding hydrogens is 208 g/mol. The minimum atomic E-state index is 0.977. The van der Waals surface area contributed by atoms with Gasteiger partial charge in [0.25, 0.3) is 0 Å². The molecule has 2 rings (SSSR count). The van der Waals surface area contributed by atoms with E-state index >= 15 is 0 Å². The highest BCUT2D eigenvalue weighted by Crippen LogP contribution is 2.27. The summed E-state index contributed by atoms with van der Waals surface area (Å²) < 4.78 is 5.42. The Kier molecular flexibility index (Phi) is 3.48. The molecule has 2 aromatic rings. The van der Waals surface area contributed by atoms with E-state index in [0.717, 1.165) is 12.2 Å². The van der Waals surface area contributed by atoms with Crippen LogP contribution in [0.2, 0.25) is 0 Å². The van der Waals surface area contributed by atoms with Crippen LogP contribution < -0.4 is 4.74 Å². The minimum Gasteiger partial charge on any atom is -0.496 e. The van der Waals surface area contributed by atoms with Crippen LogP contribution in [0, 0.1) is 6.92 Å². The van der Waals surface area contributed by atoms with Crippen molar-refractivity contribution in [2.24, 2.45) is 0 Å². The Morgan fingerprint density at radius 3 is 2.18 bits per heavy atom. The lowest BCUT2D eigenvalue weighted by Crippen LogP contribution is -1.91. The fourth-order valence-corrected chi connectivity index (χ4v) is 1.96. The fourth-order valence-electron chi connectivity index (χ4n) is 1.96. The number of hydrogen-bond acceptors (Lipinski definition) is 1. The average Bonchev–Trinajstić information content (AvgIpc) is 2.39. The van der Waals surface area contributed by atoms with Crippen LogP contribution in [0.3, 0.4) is 0 Å². The zero-order valence-electron chi connectivity index (χ0n) is 10.7. The highest BCUT2D eigenvalue weighted by atomic mass is 16.5. The maximum Gasteiger partial charge on any atom is 0.122 e. The Morgan fingerprint density at radius 1 is 0.941 bits per heavy atom. The summed E-state index contributed by atoms with van der Waals surface area (Å²) in [7, 11) is 1.73. The maximum absolute atomic E-state index is 5.42. The van der Waals surface area contributed by atoms with Crippen LogP contribution in [-0.2, 0) is 6.42 Å². The monoisotopic (exact) mass is 226 g/mol. The molecule has 0 saturated heterocycles. The molecule has 0 amide bonds. The highest BCUT2D eigenvalue weighted by molar-refractivity contribution is 5.66. The van der Waals surface area contributed by atoms with Crippen molar-refractivity contribution in [3.05, 3.63) is 53.6 Å². The van der Waals surface area contributed by atoms with Crippen molar-refractivity contribution in [3.8, 4) is 16.9 Å². The first-order valence-corrected chi connectivity index (χ1v) is 5.98. The second kappa shape index (κ2) is 5.05. The molecule has 0 N–H and O–H groups in total. The Hall–Kier alpha value is -1.76. The molecule has 0 radical (unpaired) electrons. The molecule has 88 valence electrons. The van der Waals surface area contributed by atoms with Crippen LogP contribution in [0.25, 0.3) is 11.1 Å². The van der Waals surface area contributed by atoms with E-state index in [9.17, 15) is 0 Å². The van der Waals surface area contributed by atoms with E-state index < -0.39 is 0 Å². The highest BCUT2D eigenvalue weighted by Gasteiger charge is 2.04. The van der Waals surface area contributed by atoms with Crippen molar-refractivity contribution < 1.29 is 4.74 Å². The largest absolute Gasteiger partial charge is 0.496 e. The van der Waals surface area contributed by atoms with E-state index in [1.54, 1.807) is 7.11 Å². The zero-order valence-corrected chi connectivity index (χ0v) is 10.7. The second-order valence-corrected chi connectivity index (χ2v) is 4.25. The molecule has 0 atom stereocenters. The third kappa shape index (κ3) is 2.50. The van der Waals surface area contributed by atoms with E-state index in [1.807, 2.05) is 0 Å².